The average molecular weight is 395 g/mol. The maximum Gasteiger partial charge on any atom is 0.311 e. The number of rotatable bonds is 6. The molecule has 1 N–H and O–H groups in total. The van der Waals surface area contributed by atoms with Crippen molar-refractivity contribution >= 4 is 55.7 Å². The van der Waals surface area contributed by atoms with E-state index in [4.69, 9.17) is 27.9 Å². The van der Waals surface area contributed by atoms with Gasteiger partial charge in [-0.3, -0.25) is 9.52 Å². The van der Waals surface area contributed by atoms with Gasteiger partial charge in [0, 0.05) is 11.1 Å². The molecule has 0 radical (unpaired) electrons. The van der Waals surface area contributed by atoms with E-state index in [9.17, 15) is 13.2 Å². The Hall–Kier alpha value is -1.35. The highest BCUT2D eigenvalue weighted by molar-refractivity contribution is 7.93. The second-order valence-electron chi connectivity index (χ2n) is 4.29. The SMILES string of the molecule is CCOC(=O)Cc1cnc(NS(=O)(=O)c2ccc(Cl)c(Cl)c2)s1. The maximum absolute atomic E-state index is 12.3. The van der Waals surface area contributed by atoms with Crippen molar-refractivity contribution in [1.82, 2.24) is 4.98 Å². The molecule has 0 unspecified atom stereocenters. The van der Waals surface area contributed by atoms with Crippen LogP contribution in [-0.4, -0.2) is 26.0 Å². The Kier molecular flexibility index (Phi) is 5.85. The Labute approximate surface area is 147 Å². The third kappa shape index (κ3) is 4.81. The normalized spacial score (nSPS) is 11.3. The summed E-state index contributed by atoms with van der Waals surface area (Å²) < 4.78 is 31.7. The van der Waals surface area contributed by atoms with Gasteiger partial charge in [-0.15, -0.1) is 11.3 Å². The number of hydrogen-bond donors (Lipinski definition) is 1. The molecule has 2 aromatic rings. The molecular weight excluding hydrogens is 383 g/mol. The predicted molar refractivity (Wildman–Crippen MR) is 89.7 cm³/mol. The van der Waals surface area contributed by atoms with Crippen LogP contribution in [0.3, 0.4) is 0 Å². The molecule has 1 heterocycles. The predicted octanol–water partition coefficient (Wildman–Crippen LogP) is 3.36. The fourth-order valence-corrected chi connectivity index (χ4v) is 4.04. The number of aromatic nitrogens is 1. The van der Waals surface area contributed by atoms with Crippen molar-refractivity contribution in [3.05, 3.63) is 39.3 Å². The van der Waals surface area contributed by atoms with Gasteiger partial charge in [0.25, 0.3) is 10.0 Å². The summed E-state index contributed by atoms with van der Waals surface area (Å²) >= 11 is 12.6. The molecule has 0 aliphatic rings. The van der Waals surface area contributed by atoms with Crippen LogP contribution in [0.1, 0.15) is 11.8 Å². The molecule has 0 saturated heterocycles. The van der Waals surface area contributed by atoms with Crippen LogP contribution in [0.2, 0.25) is 10.0 Å². The van der Waals surface area contributed by atoms with Gasteiger partial charge in [0.2, 0.25) is 0 Å². The molecule has 2 rings (SSSR count). The molecule has 0 amide bonds. The minimum Gasteiger partial charge on any atom is -0.466 e. The van der Waals surface area contributed by atoms with E-state index in [1.165, 1.54) is 24.4 Å². The third-order valence-corrected chi connectivity index (χ3v) is 5.72. The highest BCUT2D eigenvalue weighted by Crippen LogP contribution is 2.27. The second-order valence-corrected chi connectivity index (χ2v) is 7.91. The Morgan fingerprint density at radius 1 is 1.35 bits per heavy atom. The zero-order valence-electron chi connectivity index (χ0n) is 11.9. The Morgan fingerprint density at radius 3 is 2.74 bits per heavy atom. The summed E-state index contributed by atoms with van der Waals surface area (Å²) in [4.78, 5) is 15.9. The number of anilines is 1. The number of nitrogens with zero attached hydrogens (tertiary/aromatic N) is 1. The molecule has 6 nitrogen and oxygen atoms in total. The van der Waals surface area contributed by atoms with E-state index in [2.05, 4.69) is 9.71 Å². The molecule has 0 saturated carbocycles. The Morgan fingerprint density at radius 2 is 2.09 bits per heavy atom. The van der Waals surface area contributed by atoms with E-state index < -0.39 is 16.0 Å². The number of sulfonamides is 1. The lowest BCUT2D eigenvalue weighted by Gasteiger charge is -2.06. The van der Waals surface area contributed by atoms with Gasteiger partial charge in [0.15, 0.2) is 5.13 Å². The molecule has 0 atom stereocenters. The van der Waals surface area contributed by atoms with E-state index >= 15 is 0 Å². The quantitative estimate of drug-likeness (QED) is 0.759. The third-order valence-electron chi connectivity index (χ3n) is 2.60. The number of benzene rings is 1. The van der Waals surface area contributed by atoms with Crippen LogP contribution in [-0.2, 0) is 26.0 Å². The van der Waals surface area contributed by atoms with Crippen LogP contribution in [0.4, 0.5) is 5.13 Å². The van der Waals surface area contributed by atoms with Crippen molar-refractivity contribution in [3.8, 4) is 0 Å². The van der Waals surface area contributed by atoms with Gasteiger partial charge in [0.1, 0.15) is 0 Å². The molecule has 0 spiro atoms. The number of carbonyl (C=O) groups is 1. The first-order valence-corrected chi connectivity index (χ1v) is 9.45. The van der Waals surface area contributed by atoms with Crippen molar-refractivity contribution in [3.63, 3.8) is 0 Å². The van der Waals surface area contributed by atoms with Gasteiger partial charge in [-0.25, -0.2) is 13.4 Å². The van der Waals surface area contributed by atoms with Gasteiger partial charge in [-0.1, -0.05) is 23.2 Å². The summed E-state index contributed by atoms with van der Waals surface area (Å²) in [6.45, 7) is 2.00. The standard InChI is InChI=1S/C13H12Cl2N2O4S2/c1-2-21-12(18)5-8-7-16-13(22-8)17-23(19,20)9-3-4-10(14)11(15)6-9/h3-4,6-7H,2,5H2,1H3,(H,16,17). The summed E-state index contributed by atoms with van der Waals surface area (Å²) in [6, 6.07) is 3.98. The van der Waals surface area contributed by atoms with Gasteiger partial charge in [-0.05, 0) is 25.1 Å². The molecule has 124 valence electrons. The molecule has 23 heavy (non-hydrogen) atoms. The van der Waals surface area contributed by atoms with Crippen molar-refractivity contribution < 1.29 is 17.9 Å². The summed E-state index contributed by atoms with van der Waals surface area (Å²) in [5, 5.41) is 0.545. The van der Waals surface area contributed by atoms with Crippen LogP contribution in [0.5, 0.6) is 0 Å². The first-order valence-electron chi connectivity index (χ1n) is 6.40. The molecule has 0 bridgehead atoms. The topological polar surface area (TPSA) is 85.4 Å². The van der Waals surface area contributed by atoms with Crippen LogP contribution >= 0.6 is 34.5 Å². The second kappa shape index (κ2) is 7.48. The summed E-state index contributed by atoms with van der Waals surface area (Å²) in [6.07, 6.45) is 1.47. The van der Waals surface area contributed by atoms with Crippen molar-refractivity contribution in [1.29, 1.82) is 0 Å². The van der Waals surface area contributed by atoms with E-state index in [1.807, 2.05) is 0 Å². The van der Waals surface area contributed by atoms with Crippen LogP contribution in [0.25, 0.3) is 0 Å². The Bertz CT molecular complexity index is 821. The minimum atomic E-state index is -3.84. The first-order chi connectivity index (χ1) is 10.8. The number of ether oxygens (including phenoxy) is 1. The monoisotopic (exact) mass is 394 g/mol. The zero-order chi connectivity index (χ0) is 17.0. The highest BCUT2D eigenvalue weighted by atomic mass is 35.5. The largest absolute Gasteiger partial charge is 0.466 e. The lowest BCUT2D eigenvalue weighted by molar-refractivity contribution is -0.142. The number of halogens is 2. The summed E-state index contributed by atoms with van der Waals surface area (Å²) in [7, 11) is -3.84. The number of hydrogen-bond acceptors (Lipinski definition) is 6. The number of esters is 1. The lowest BCUT2D eigenvalue weighted by atomic mass is 10.4. The highest BCUT2D eigenvalue weighted by Gasteiger charge is 2.18. The number of carbonyl (C=O) groups excluding carboxylic acids is 1. The van der Waals surface area contributed by atoms with Gasteiger partial charge < -0.3 is 4.74 Å². The molecule has 0 aliphatic heterocycles. The van der Waals surface area contributed by atoms with Gasteiger partial charge >= 0.3 is 5.97 Å². The molecule has 1 aromatic heterocycles. The van der Waals surface area contributed by atoms with Crippen LogP contribution in [0, 0.1) is 0 Å². The molecule has 10 heteroatoms. The average Bonchev–Trinajstić information content (AvgIpc) is 2.88. The minimum absolute atomic E-state index is 0.0333. The van der Waals surface area contributed by atoms with Crippen molar-refractivity contribution in [2.75, 3.05) is 11.3 Å². The summed E-state index contributed by atoms with van der Waals surface area (Å²) in [5.41, 5.74) is 0. The zero-order valence-corrected chi connectivity index (χ0v) is 15.0. The van der Waals surface area contributed by atoms with Gasteiger partial charge in [0.05, 0.1) is 28.0 Å². The van der Waals surface area contributed by atoms with Gasteiger partial charge in [-0.2, -0.15) is 0 Å². The van der Waals surface area contributed by atoms with Crippen molar-refractivity contribution in [2.24, 2.45) is 0 Å². The van der Waals surface area contributed by atoms with E-state index in [1.54, 1.807) is 6.92 Å². The molecule has 0 fully saturated rings. The Balaban J connectivity index is 2.13. The molecule has 0 aliphatic carbocycles. The fourth-order valence-electron chi connectivity index (χ4n) is 1.61. The van der Waals surface area contributed by atoms with Crippen molar-refractivity contribution in [2.45, 2.75) is 18.2 Å². The smallest absolute Gasteiger partial charge is 0.311 e. The van der Waals surface area contributed by atoms with E-state index in [0.29, 0.717) is 4.88 Å². The maximum atomic E-state index is 12.3. The van der Waals surface area contributed by atoms with Crippen LogP contribution < -0.4 is 4.72 Å². The van der Waals surface area contributed by atoms with E-state index in [0.717, 1.165) is 11.3 Å². The van der Waals surface area contributed by atoms with Crippen LogP contribution in [0.15, 0.2) is 29.3 Å². The summed E-state index contributed by atoms with van der Waals surface area (Å²) in [5.74, 6) is -0.393. The lowest BCUT2D eigenvalue weighted by Crippen LogP contribution is -2.12. The fraction of sp³-hybridized carbons (Fsp3) is 0.231. The first kappa shape index (κ1) is 18.0. The van der Waals surface area contributed by atoms with E-state index in [-0.39, 0.29) is 33.1 Å². The number of nitrogens with one attached hydrogen (secondary N) is 1. The number of thiazole rings is 1. The molecule has 1 aromatic carbocycles. The molecular formula is C13H12Cl2N2O4S2.